The van der Waals surface area contributed by atoms with E-state index in [0.717, 1.165) is 6.42 Å². The maximum Gasteiger partial charge on any atom is 0.407 e. The van der Waals surface area contributed by atoms with Gasteiger partial charge in [-0.1, -0.05) is 27.7 Å². The van der Waals surface area contributed by atoms with E-state index in [0.29, 0.717) is 0 Å². The molecular weight excluding hydrogens is 194 g/mol. The largest absolute Gasteiger partial charge is 0.453 e. The van der Waals surface area contributed by atoms with Gasteiger partial charge in [0.2, 0.25) is 0 Å². The predicted molar refractivity (Wildman–Crippen MR) is 58.6 cm³/mol. The second-order valence-corrected chi connectivity index (χ2v) is 4.07. The van der Waals surface area contributed by atoms with Crippen molar-refractivity contribution >= 4 is 11.9 Å². The number of rotatable bonds is 5. The van der Waals surface area contributed by atoms with Crippen LogP contribution < -0.4 is 5.32 Å². The van der Waals surface area contributed by atoms with Crippen LogP contribution in [-0.4, -0.2) is 25.0 Å². The van der Waals surface area contributed by atoms with Gasteiger partial charge >= 0.3 is 6.09 Å². The summed E-state index contributed by atoms with van der Waals surface area (Å²) >= 11 is 0. The van der Waals surface area contributed by atoms with Crippen molar-refractivity contribution in [2.75, 3.05) is 7.11 Å². The summed E-state index contributed by atoms with van der Waals surface area (Å²) < 4.78 is 4.49. The maximum atomic E-state index is 11.9. The van der Waals surface area contributed by atoms with Gasteiger partial charge in [-0.2, -0.15) is 0 Å². The quantitative estimate of drug-likeness (QED) is 0.763. The van der Waals surface area contributed by atoms with Crippen LogP contribution in [0.15, 0.2) is 0 Å². The molecule has 0 aromatic rings. The van der Waals surface area contributed by atoms with E-state index in [4.69, 9.17) is 0 Å². The number of amides is 1. The second kappa shape index (κ2) is 6.43. The molecule has 0 saturated carbocycles. The van der Waals surface area contributed by atoms with E-state index < -0.39 is 12.1 Å². The molecule has 0 radical (unpaired) electrons. The van der Waals surface area contributed by atoms with E-state index in [1.54, 1.807) is 0 Å². The molecular formula is C11H21NO3. The Kier molecular flexibility index (Phi) is 5.97. The number of carbonyl (C=O) groups excluding carboxylic acids is 2. The Morgan fingerprint density at radius 1 is 1.27 bits per heavy atom. The normalized spacial score (nSPS) is 14.5. The van der Waals surface area contributed by atoms with Gasteiger partial charge in [-0.3, -0.25) is 4.79 Å². The lowest BCUT2D eigenvalue weighted by molar-refractivity contribution is -0.125. The molecule has 0 fully saturated rings. The van der Waals surface area contributed by atoms with Crippen molar-refractivity contribution in [2.45, 2.75) is 40.2 Å². The Bertz CT molecular complexity index is 226. The van der Waals surface area contributed by atoms with Crippen LogP contribution in [0.3, 0.4) is 0 Å². The second-order valence-electron chi connectivity index (χ2n) is 4.07. The monoisotopic (exact) mass is 215 g/mol. The summed E-state index contributed by atoms with van der Waals surface area (Å²) in [6, 6.07) is -0.451. The fourth-order valence-corrected chi connectivity index (χ4v) is 1.26. The summed E-state index contributed by atoms with van der Waals surface area (Å²) in [5.74, 6) is 0.109. The van der Waals surface area contributed by atoms with Crippen LogP contribution in [0.4, 0.5) is 4.79 Å². The van der Waals surface area contributed by atoms with Gasteiger partial charge in [0.05, 0.1) is 13.2 Å². The number of hydrogen-bond donors (Lipinski definition) is 1. The highest BCUT2D eigenvalue weighted by Crippen LogP contribution is 2.12. The maximum absolute atomic E-state index is 11.9. The van der Waals surface area contributed by atoms with E-state index in [-0.39, 0.29) is 17.6 Å². The van der Waals surface area contributed by atoms with Crippen LogP contribution >= 0.6 is 0 Å². The van der Waals surface area contributed by atoms with E-state index in [2.05, 4.69) is 10.1 Å². The minimum atomic E-state index is -0.551. The Morgan fingerprint density at radius 2 is 1.80 bits per heavy atom. The third-order valence-corrected chi connectivity index (χ3v) is 2.53. The smallest absolute Gasteiger partial charge is 0.407 e. The molecule has 4 nitrogen and oxygen atoms in total. The third kappa shape index (κ3) is 4.32. The lowest BCUT2D eigenvalue weighted by atomic mass is 9.91. The summed E-state index contributed by atoms with van der Waals surface area (Å²) in [6.45, 7) is 7.64. The molecule has 1 N–H and O–H groups in total. The number of hydrogen-bond acceptors (Lipinski definition) is 3. The van der Waals surface area contributed by atoms with Gasteiger partial charge in [0, 0.05) is 5.92 Å². The van der Waals surface area contributed by atoms with Crippen molar-refractivity contribution in [3.63, 3.8) is 0 Å². The van der Waals surface area contributed by atoms with E-state index in [1.807, 2.05) is 27.7 Å². The zero-order chi connectivity index (χ0) is 12.0. The Labute approximate surface area is 91.4 Å². The minimum absolute atomic E-state index is 0.0328. The first-order chi connectivity index (χ1) is 6.93. The highest BCUT2D eigenvalue weighted by molar-refractivity contribution is 5.89. The Balaban J connectivity index is 4.52. The third-order valence-electron chi connectivity index (χ3n) is 2.53. The molecule has 1 unspecified atom stereocenters. The summed E-state index contributed by atoms with van der Waals surface area (Å²) in [5, 5.41) is 2.57. The van der Waals surface area contributed by atoms with Crippen LogP contribution in [-0.2, 0) is 9.53 Å². The van der Waals surface area contributed by atoms with E-state index in [1.165, 1.54) is 7.11 Å². The van der Waals surface area contributed by atoms with Crippen molar-refractivity contribution in [1.29, 1.82) is 0 Å². The molecule has 0 saturated heterocycles. The van der Waals surface area contributed by atoms with Crippen molar-refractivity contribution < 1.29 is 14.3 Å². The molecule has 1 amide bonds. The Hall–Kier alpha value is -1.06. The first-order valence-corrected chi connectivity index (χ1v) is 5.32. The minimum Gasteiger partial charge on any atom is -0.453 e. The van der Waals surface area contributed by atoms with E-state index >= 15 is 0 Å². The summed E-state index contributed by atoms with van der Waals surface area (Å²) in [7, 11) is 1.29. The molecule has 0 spiro atoms. The average Bonchev–Trinajstić information content (AvgIpc) is 2.22. The molecule has 0 aliphatic heterocycles. The predicted octanol–water partition coefficient (Wildman–Crippen LogP) is 1.98. The molecule has 0 heterocycles. The zero-order valence-electron chi connectivity index (χ0n) is 10.2. The molecule has 0 bridgehead atoms. The van der Waals surface area contributed by atoms with Crippen molar-refractivity contribution in [3.05, 3.63) is 0 Å². The van der Waals surface area contributed by atoms with Crippen molar-refractivity contribution in [1.82, 2.24) is 5.32 Å². The van der Waals surface area contributed by atoms with Crippen molar-refractivity contribution in [3.8, 4) is 0 Å². The van der Waals surface area contributed by atoms with Crippen LogP contribution in [0.2, 0.25) is 0 Å². The van der Waals surface area contributed by atoms with Crippen LogP contribution in [0, 0.1) is 11.8 Å². The highest BCUT2D eigenvalue weighted by atomic mass is 16.5. The topological polar surface area (TPSA) is 55.4 Å². The molecule has 0 aromatic carbocycles. The van der Waals surface area contributed by atoms with Gasteiger partial charge in [-0.05, 0) is 12.3 Å². The van der Waals surface area contributed by atoms with Crippen LogP contribution in [0.25, 0.3) is 0 Å². The first-order valence-electron chi connectivity index (χ1n) is 5.32. The molecule has 0 aliphatic rings. The summed E-state index contributed by atoms with van der Waals surface area (Å²) in [5.41, 5.74) is 0. The van der Waals surface area contributed by atoms with Gasteiger partial charge < -0.3 is 10.1 Å². The standard InChI is InChI=1S/C11H21NO3/c1-6-8(4)10(13)9(7(2)3)12-11(14)15-5/h7-9H,6H2,1-5H3,(H,12,14)/t8?,9-/m1/s1. The zero-order valence-corrected chi connectivity index (χ0v) is 10.2. The SMILES string of the molecule is CCC(C)C(=O)[C@H](NC(=O)OC)C(C)C. The summed E-state index contributed by atoms with van der Waals surface area (Å²) in [4.78, 5) is 23.0. The molecule has 4 heteroatoms. The van der Waals surface area contributed by atoms with Gasteiger partial charge in [0.15, 0.2) is 5.78 Å². The fourth-order valence-electron chi connectivity index (χ4n) is 1.26. The number of carbonyl (C=O) groups is 2. The molecule has 0 aliphatic carbocycles. The first kappa shape index (κ1) is 13.9. The number of ketones is 1. The number of alkyl carbamates (subject to hydrolysis) is 1. The van der Waals surface area contributed by atoms with Crippen molar-refractivity contribution in [2.24, 2.45) is 11.8 Å². The van der Waals surface area contributed by atoms with E-state index in [9.17, 15) is 9.59 Å². The molecule has 0 rings (SSSR count). The lowest BCUT2D eigenvalue weighted by Crippen LogP contribution is -2.46. The average molecular weight is 215 g/mol. The Morgan fingerprint density at radius 3 is 2.13 bits per heavy atom. The summed E-state index contributed by atoms with van der Waals surface area (Å²) in [6.07, 6.45) is 0.232. The number of Topliss-reactive ketones (excluding diaryl/α,β-unsaturated/α-hetero) is 1. The van der Waals surface area contributed by atoms with Gasteiger partial charge in [-0.15, -0.1) is 0 Å². The van der Waals surface area contributed by atoms with Gasteiger partial charge in [0.1, 0.15) is 0 Å². The fraction of sp³-hybridized carbons (Fsp3) is 0.818. The van der Waals surface area contributed by atoms with Crippen LogP contribution in [0.1, 0.15) is 34.1 Å². The molecule has 0 aromatic heterocycles. The lowest BCUT2D eigenvalue weighted by Gasteiger charge is -2.23. The molecule has 15 heavy (non-hydrogen) atoms. The van der Waals surface area contributed by atoms with Gasteiger partial charge in [0.25, 0.3) is 0 Å². The highest BCUT2D eigenvalue weighted by Gasteiger charge is 2.27. The molecule has 2 atom stereocenters. The number of nitrogens with one attached hydrogen (secondary N) is 1. The van der Waals surface area contributed by atoms with Gasteiger partial charge in [-0.25, -0.2) is 4.79 Å². The number of ether oxygens (including phenoxy) is 1. The molecule has 88 valence electrons. The number of methoxy groups -OCH3 is 1. The van der Waals surface area contributed by atoms with Crippen LogP contribution in [0.5, 0.6) is 0 Å².